The predicted molar refractivity (Wildman–Crippen MR) is 172 cm³/mol. The Hall–Kier alpha value is -1.56. The van der Waals surface area contributed by atoms with Crippen LogP contribution in [0.5, 0.6) is 0 Å². The maximum Gasteiger partial charge on any atom is 0.337 e. The van der Waals surface area contributed by atoms with E-state index in [2.05, 4.69) is 54.5 Å². The number of rotatable bonds is 4. The molecule has 4 saturated carbocycles. The third kappa shape index (κ3) is 4.85. The van der Waals surface area contributed by atoms with Crippen LogP contribution < -0.4 is 0 Å². The lowest BCUT2D eigenvalue weighted by atomic mass is 9.33. The number of carboxylic acids is 1. The van der Waals surface area contributed by atoms with Crippen LogP contribution in [0.4, 0.5) is 0 Å². The average Bonchev–Trinajstić information content (AvgIpc) is 2.98. The largest absolute Gasteiger partial charge is 0.481 e. The van der Waals surface area contributed by atoms with Gasteiger partial charge in [-0.25, -0.2) is 4.79 Å². The van der Waals surface area contributed by atoms with Crippen LogP contribution in [0.3, 0.4) is 0 Å². The number of esters is 1. The van der Waals surface area contributed by atoms with Crippen LogP contribution in [0.1, 0.15) is 106 Å². The zero-order chi connectivity index (χ0) is 34.7. The van der Waals surface area contributed by atoms with Crippen LogP contribution in [-0.4, -0.2) is 87.5 Å². The number of carbonyl (C=O) groups is 2. The standard InChI is InChI=1S/C37H58O10/c1-32(2)13-15-37(31(43)44)16-14-35(6)19(20(37)17-32)9-10-23-34(5)18-21(38)28(33(3,4)22(34)11-12-36(23,35)7)47-30-26(41)24(39)25(40)27(46-30)29(42)45-8/h9,20-28,30,38-41H,10-18H2,1-8H3,(H,43,44)/t20-,21-,22-,23+,24-,25-,26+,27-,28-,30-,34-,35+,36+,37-/m0/s1. The van der Waals surface area contributed by atoms with E-state index in [4.69, 9.17) is 14.2 Å². The lowest BCUT2D eigenvalue weighted by Crippen LogP contribution is -2.68. The zero-order valence-electron chi connectivity index (χ0n) is 29.5. The zero-order valence-corrected chi connectivity index (χ0v) is 29.5. The number of aliphatic hydroxyl groups excluding tert-OH is 4. The van der Waals surface area contributed by atoms with Gasteiger partial charge in [0.1, 0.15) is 18.3 Å². The van der Waals surface area contributed by atoms with Gasteiger partial charge in [0.05, 0.1) is 24.7 Å². The SMILES string of the molecule is COC(=O)[C@H]1O[C@@H](O[C@H]2[C@@H](O)C[C@]3(C)[C@H]4CC=C5[C@@H]6CC(C)(C)CC[C@]6(C(=O)O)CC[C@@]5(C)[C@]4(C)CC[C@H]3C2(C)C)[C@H](O)[C@@H](O)[C@@H]1O. The van der Waals surface area contributed by atoms with Crippen molar-refractivity contribution >= 4 is 11.9 Å². The molecule has 0 radical (unpaired) electrons. The minimum absolute atomic E-state index is 0.0292. The average molecular weight is 663 g/mol. The topological polar surface area (TPSA) is 163 Å². The van der Waals surface area contributed by atoms with E-state index in [1.807, 2.05) is 0 Å². The first-order valence-electron chi connectivity index (χ1n) is 17.8. The number of aliphatic hydroxyl groups is 4. The van der Waals surface area contributed by atoms with Crippen molar-refractivity contribution in [3.05, 3.63) is 11.6 Å². The number of allylic oxidation sites excluding steroid dienone is 2. The summed E-state index contributed by atoms with van der Waals surface area (Å²) >= 11 is 0. The highest BCUT2D eigenvalue weighted by atomic mass is 16.7. The third-order valence-corrected chi connectivity index (χ3v) is 15.2. The van der Waals surface area contributed by atoms with Gasteiger partial charge in [0.25, 0.3) is 0 Å². The molecule has 14 atom stereocenters. The molecule has 6 aliphatic rings. The Bertz CT molecular complexity index is 1310. The molecular formula is C37H58O10. The summed E-state index contributed by atoms with van der Waals surface area (Å²) in [4.78, 5) is 25.3. The van der Waals surface area contributed by atoms with Crippen molar-refractivity contribution < 1.29 is 49.3 Å². The number of carboxylic acid groups (broad SMARTS) is 1. The molecule has 1 saturated heterocycles. The minimum Gasteiger partial charge on any atom is -0.481 e. The lowest BCUT2D eigenvalue weighted by Gasteiger charge is -2.71. The normalized spacial score (nSPS) is 51.7. The first-order chi connectivity index (χ1) is 21.7. The van der Waals surface area contributed by atoms with Crippen molar-refractivity contribution in [1.29, 1.82) is 0 Å². The summed E-state index contributed by atoms with van der Waals surface area (Å²) in [7, 11) is 1.15. The molecule has 0 aromatic heterocycles. The van der Waals surface area contributed by atoms with Crippen molar-refractivity contribution in [2.24, 2.45) is 50.2 Å². The van der Waals surface area contributed by atoms with Gasteiger partial charge < -0.3 is 39.7 Å². The fourth-order valence-electron chi connectivity index (χ4n) is 12.4. The van der Waals surface area contributed by atoms with Crippen LogP contribution in [0, 0.1) is 50.2 Å². The molecule has 0 aromatic carbocycles. The van der Waals surface area contributed by atoms with E-state index in [-0.39, 0.29) is 39.4 Å². The highest BCUT2D eigenvalue weighted by Gasteiger charge is 2.70. The summed E-state index contributed by atoms with van der Waals surface area (Å²) in [6.07, 6.45) is -0.0342. The van der Waals surface area contributed by atoms with Gasteiger partial charge in [-0.2, -0.15) is 0 Å². The summed E-state index contributed by atoms with van der Waals surface area (Å²) in [5, 5.41) is 54.3. The van der Waals surface area contributed by atoms with Gasteiger partial charge in [0, 0.05) is 0 Å². The van der Waals surface area contributed by atoms with Gasteiger partial charge in [-0.3, -0.25) is 4.79 Å². The number of aliphatic carboxylic acids is 1. The Labute approximate surface area is 279 Å². The second-order valence-electron chi connectivity index (χ2n) is 18.2. The van der Waals surface area contributed by atoms with Crippen molar-refractivity contribution in [3.63, 3.8) is 0 Å². The summed E-state index contributed by atoms with van der Waals surface area (Å²) in [5.74, 6) is -1.11. The summed E-state index contributed by atoms with van der Waals surface area (Å²) in [6, 6.07) is 0. The van der Waals surface area contributed by atoms with Crippen molar-refractivity contribution in [2.45, 2.75) is 149 Å². The Balaban J connectivity index is 1.31. The molecule has 6 rings (SSSR count). The van der Waals surface area contributed by atoms with Crippen LogP contribution in [0.15, 0.2) is 11.6 Å². The molecule has 0 amide bonds. The third-order valence-electron chi connectivity index (χ3n) is 15.2. The van der Waals surface area contributed by atoms with E-state index < -0.39 is 65.7 Å². The fourth-order valence-corrected chi connectivity index (χ4v) is 12.4. The second kappa shape index (κ2) is 11.2. The van der Waals surface area contributed by atoms with E-state index in [0.29, 0.717) is 12.8 Å². The number of carbonyl (C=O) groups excluding carboxylic acids is 1. The first kappa shape index (κ1) is 35.3. The molecule has 47 heavy (non-hydrogen) atoms. The predicted octanol–water partition coefficient (Wildman–Crippen LogP) is 4.21. The van der Waals surface area contributed by atoms with Gasteiger partial charge in [0.2, 0.25) is 0 Å². The molecule has 5 N–H and O–H groups in total. The fraction of sp³-hybridized carbons (Fsp3) is 0.892. The van der Waals surface area contributed by atoms with Gasteiger partial charge >= 0.3 is 11.9 Å². The van der Waals surface area contributed by atoms with Gasteiger partial charge in [-0.1, -0.05) is 60.1 Å². The quantitative estimate of drug-likeness (QED) is 0.167. The summed E-state index contributed by atoms with van der Waals surface area (Å²) in [5.41, 5.74) is -0.316. The highest BCUT2D eigenvalue weighted by molar-refractivity contribution is 5.77. The van der Waals surface area contributed by atoms with Gasteiger partial charge in [-0.05, 0) is 103 Å². The second-order valence-corrected chi connectivity index (χ2v) is 18.2. The lowest BCUT2D eigenvalue weighted by molar-refractivity contribution is -0.336. The highest BCUT2D eigenvalue weighted by Crippen LogP contribution is 2.76. The number of hydrogen-bond donors (Lipinski definition) is 5. The number of methoxy groups -OCH3 is 1. The van der Waals surface area contributed by atoms with Crippen molar-refractivity contribution in [2.75, 3.05) is 7.11 Å². The van der Waals surface area contributed by atoms with Gasteiger partial charge in [0.15, 0.2) is 12.4 Å². The maximum atomic E-state index is 13.0. The van der Waals surface area contributed by atoms with Crippen LogP contribution >= 0.6 is 0 Å². The summed E-state index contributed by atoms with van der Waals surface area (Å²) in [6.45, 7) is 15.9. The first-order valence-corrected chi connectivity index (χ1v) is 17.8. The maximum absolute atomic E-state index is 13.0. The molecule has 5 aliphatic carbocycles. The Morgan fingerprint density at radius 1 is 0.851 bits per heavy atom. The monoisotopic (exact) mass is 662 g/mol. The molecule has 0 unspecified atom stereocenters. The number of ether oxygens (including phenoxy) is 3. The molecule has 266 valence electrons. The van der Waals surface area contributed by atoms with E-state index in [0.717, 1.165) is 52.1 Å². The molecule has 1 aliphatic heterocycles. The Morgan fingerprint density at radius 3 is 2.15 bits per heavy atom. The van der Waals surface area contributed by atoms with Crippen LogP contribution in [-0.2, 0) is 23.8 Å². The van der Waals surface area contributed by atoms with Crippen molar-refractivity contribution in [3.8, 4) is 0 Å². The van der Waals surface area contributed by atoms with E-state index in [9.17, 15) is 35.1 Å². The molecular weight excluding hydrogens is 604 g/mol. The van der Waals surface area contributed by atoms with E-state index in [1.165, 1.54) is 5.57 Å². The smallest absolute Gasteiger partial charge is 0.337 e. The number of hydrogen-bond acceptors (Lipinski definition) is 9. The molecule has 0 spiro atoms. The molecule has 5 fully saturated rings. The minimum atomic E-state index is -1.70. The molecule has 1 heterocycles. The Morgan fingerprint density at radius 2 is 1.51 bits per heavy atom. The molecule has 0 aromatic rings. The van der Waals surface area contributed by atoms with Crippen LogP contribution in [0.25, 0.3) is 0 Å². The molecule has 0 bridgehead atoms. The van der Waals surface area contributed by atoms with Gasteiger partial charge in [-0.15, -0.1) is 0 Å². The van der Waals surface area contributed by atoms with Crippen molar-refractivity contribution in [1.82, 2.24) is 0 Å². The number of fused-ring (bicyclic) bond motifs is 7. The molecule has 10 nitrogen and oxygen atoms in total. The summed E-state index contributed by atoms with van der Waals surface area (Å²) < 4.78 is 16.7. The van der Waals surface area contributed by atoms with E-state index >= 15 is 0 Å². The molecule has 10 heteroatoms. The Kier molecular flexibility index (Phi) is 8.42. The van der Waals surface area contributed by atoms with Crippen LogP contribution in [0.2, 0.25) is 0 Å². The van der Waals surface area contributed by atoms with E-state index in [1.54, 1.807) is 0 Å².